The fourth-order valence-corrected chi connectivity index (χ4v) is 1.64. The molecule has 1 rings (SSSR count). The predicted molar refractivity (Wildman–Crippen MR) is 67.5 cm³/mol. The van der Waals surface area contributed by atoms with Gasteiger partial charge in [0, 0.05) is 24.8 Å². The first-order valence-electron chi connectivity index (χ1n) is 5.65. The monoisotopic (exact) mass is 222 g/mol. The zero-order valence-corrected chi connectivity index (χ0v) is 10.9. The van der Waals surface area contributed by atoms with E-state index in [-0.39, 0.29) is 12.0 Å². The summed E-state index contributed by atoms with van der Waals surface area (Å²) in [6.45, 7) is 8.82. The first kappa shape index (κ1) is 13.0. The summed E-state index contributed by atoms with van der Waals surface area (Å²) in [4.78, 5) is 6.48. The molecule has 0 bridgehead atoms. The standard InChI is InChI=1S/C13H22N2O/c1-10(13(2,3)4)15(5)12-11(9-16)7-6-8-14-12/h6-8,10,16H,9H2,1-5H3. The summed E-state index contributed by atoms with van der Waals surface area (Å²) in [6, 6.07) is 4.12. The number of nitrogens with zero attached hydrogens (tertiary/aromatic N) is 2. The van der Waals surface area contributed by atoms with Crippen LogP contribution in [0.2, 0.25) is 0 Å². The van der Waals surface area contributed by atoms with E-state index in [0.717, 1.165) is 11.4 Å². The van der Waals surface area contributed by atoms with E-state index in [4.69, 9.17) is 0 Å². The van der Waals surface area contributed by atoms with Crippen LogP contribution in [0.3, 0.4) is 0 Å². The normalized spacial score (nSPS) is 13.6. The number of aliphatic hydroxyl groups is 1. The highest BCUT2D eigenvalue weighted by atomic mass is 16.3. The molecule has 0 saturated heterocycles. The molecule has 0 spiro atoms. The Bertz CT molecular complexity index is 344. The molecule has 1 N–H and O–H groups in total. The molecule has 0 aromatic carbocycles. The van der Waals surface area contributed by atoms with Crippen molar-refractivity contribution in [1.29, 1.82) is 0 Å². The summed E-state index contributed by atoms with van der Waals surface area (Å²) in [7, 11) is 2.03. The van der Waals surface area contributed by atoms with E-state index in [1.807, 2.05) is 19.2 Å². The average Bonchev–Trinajstić information content (AvgIpc) is 2.25. The number of pyridine rings is 1. The molecule has 0 aliphatic rings. The van der Waals surface area contributed by atoms with Gasteiger partial charge >= 0.3 is 0 Å². The molecule has 1 heterocycles. The number of anilines is 1. The molecule has 0 fully saturated rings. The number of hydrogen-bond acceptors (Lipinski definition) is 3. The number of hydrogen-bond donors (Lipinski definition) is 1. The molecule has 1 aromatic rings. The van der Waals surface area contributed by atoms with Crippen LogP contribution in [0.4, 0.5) is 5.82 Å². The van der Waals surface area contributed by atoms with Crippen LogP contribution >= 0.6 is 0 Å². The van der Waals surface area contributed by atoms with Crippen LogP contribution in [0, 0.1) is 5.41 Å². The van der Waals surface area contributed by atoms with Crippen LogP contribution in [0.15, 0.2) is 18.3 Å². The van der Waals surface area contributed by atoms with Crippen molar-refractivity contribution in [2.45, 2.75) is 40.3 Å². The maximum atomic E-state index is 9.29. The van der Waals surface area contributed by atoms with Gasteiger partial charge in [0.15, 0.2) is 0 Å². The van der Waals surface area contributed by atoms with Gasteiger partial charge in [0.05, 0.1) is 6.61 Å². The average molecular weight is 222 g/mol. The van der Waals surface area contributed by atoms with Crippen LogP contribution in [0.1, 0.15) is 33.3 Å². The summed E-state index contributed by atoms with van der Waals surface area (Å²) in [5.74, 6) is 0.868. The molecule has 0 amide bonds. The number of aromatic nitrogens is 1. The molecule has 0 saturated carbocycles. The van der Waals surface area contributed by atoms with Crippen LogP contribution in [0.25, 0.3) is 0 Å². The Hall–Kier alpha value is -1.09. The van der Waals surface area contributed by atoms with E-state index in [9.17, 15) is 5.11 Å². The third-order valence-electron chi connectivity index (χ3n) is 3.21. The Morgan fingerprint density at radius 3 is 2.56 bits per heavy atom. The Labute approximate surface area is 98.1 Å². The van der Waals surface area contributed by atoms with Crippen molar-refractivity contribution >= 4 is 5.82 Å². The molecule has 3 nitrogen and oxygen atoms in total. The molecule has 16 heavy (non-hydrogen) atoms. The van der Waals surface area contributed by atoms with Gasteiger partial charge < -0.3 is 10.0 Å². The summed E-state index contributed by atoms with van der Waals surface area (Å²) >= 11 is 0. The van der Waals surface area contributed by atoms with Crippen LogP contribution < -0.4 is 4.90 Å². The molecule has 1 atom stereocenters. The Balaban J connectivity index is 3.00. The summed E-state index contributed by atoms with van der Waals surface area (Å²) in [6.07, 6.45) is 1.76. The van der Waals surface area contributed by atoms with E-state index in [1.165, 1.54) is 0 Å². The number of rotatable bonds is 3. The van der Waals surface area contributed by atoms with Crippen LogP contribution in [-0.2, 0) is 6.61 Å². The lowest BCUT2D eigenvalue weighted by Gasteiger charge is -2.36. The Morgan fingerprint density at radius 2 is 2.06 bits per heavy atom. The molecule has 1 unspecified atom stereocenters. The van der Waals surface area contributed by atoms with Gasteiger partial charge in [0.2, 0.25) is 0 Å². The van der Waals surface area contributed by atoms with Crippen LogP contribution in [-0.4, -0.2) is 23.2 Å². The van der Waals surface area contributed by atoms with E-state index in [0.29, 0.717) is 6.04 Å². The van der Waals surface area contributed by atoms with E-state index < -0.39 is 0 Å². The highest BCUT2D eigenvalue weighted by Gasteiger charge is 2.25. The van der Waals surface area contributed by atoms with Gasteiger partial charge in [-0.05, 0) is 18.4 Å². The van der Waals surface area contributed by atoms with Crippen molar-refractivity contribution in [3.63, 3.8) is 0 Å². The Morgan fingerprint density at radius 1 is 1.44 bits per heavy atom. The van der Waals surface area contributed by atoms with E-state index >= 15 is 0 Å². The quantitative estimate of drug-likeness (QED) is 0.853. The van der Waals surface area contributed by atoms with Crippen molar-refractivity contribution in [3.8, 4) is 0 Å². The van der Waals surface area contributed by atoms with Gasteiger partial charge in [-0.2, -0.15) is 0 Å². The maximum absolute atomic E-state index is 9.29. The summed E-state index contributed by atoms with van der Waals surface area (Å²) in [5.41, 5.74) is 1.06. The number of aliphatic hydroxyl groups excluding tert-OH is 1. The summed E-state index contributed by atoms with van der Waals surface area (Å²) < 4.78 is 0. The fourth-order valence-electron chi connectivity index (χ4n) is 1.64. The molecule has 1 aromatic heterocycles. The second-order valence-electron chi connectivity index (χ2n) is 5.30. The predicted octanol–water partition coefficient (Wildman–Crippen LogP) is 2.44. The van der Waals surface area contributed by atoms with E-state index in [1.54, 1.807) is 6.20 Å². The topological polar surface area (TPSA) is 36.4 Å². The fraction of sp³-hybridized carbons (Fsp3) is 0.615. The van der Waals surface area contributed by atoms with Gasteiger partial charge in [0.25, 0.3) is 0 Å². The molecule has 90 valence electrons. The molecule has 0 radical (unpaired) electrons. The van der Waals surface area contributed by atoms with Gasteiger partial charge in [-0.15, -0.1) is 0 Å². The molecular formula is C13H22N2O. The van der Waals surface area contributed by atoms with Gasteiger partial charge in [-0.3, -0.25) is 0 Å². The lowest BCUT2D eigenvalue weighted by Crippen LogP contribution is -2.40. The van der Waals surface area contributed by atoms with Crippen molar-refractivity contribution < 1.29 is 5.11 Å². The zero-order chi connectivity index (χ0) is 12.3. The molecular weight excluding hydrogens is 200 g/mol. The first-order valence-corrected chi connectivity index (χ1v) is 5.65. The van der Waals surface area contributed by atoms with Gasteiger partial charge in [-0.1, -0.05) is 26.8 Å². The highest BCUT2D eigenvalue weighted by molar-refractivity contribution is 5.46. The van der Waals surface area contributed by atoms with Gasteiger partial charge in [-0.25, -0.2) is 4.98 Å². The van der Waals surface area contributed by atoms with Crippen molar-refractivity contribution in [1.82, 2.24) is 4.98 Å². The SMILES string of the molecule is CC(N(C)c1ncccc1CO)C(C)(C)C. The van der Waals surface area contributed by atoms with Crippen LogP contribution in [0.5, 0.6) is 0 Å². The molecule has 3 heteroatoms. The van der Waals surface area contributed by atoms with Gasteiger partial charge in [0.1, 0.15) is 5.82 Å². The molecule has 0 aliphatic heterocycles. The Kier molecular flexibility index (Phi) is 3.92. The lowest BCUT2D eigenvalue weighted by molar-refractivity contribution is 0.279. The third-order valence-corrected chi connectivity index (χ3v) is 3.21. The minimum atomic E-state index is 0.0321. The minimum absolute atomic E-state index is 0.0321. The van der Waals surface area contributed by atoms with Crippen molar-refractivity contribution in [3.05, 3.63) is 23.9 Å². The summed E-state index contributed by atoms with van der Waals surface area (Å²) in [5, 5.41) is 9.29. The molecule has 0 aliphatic carbocycles. The minimum Gasteiger partial charge on any atom is -0.392 e. The first-order chi connectivity index (χ1) is 7.38. The largest absolute Gasteiger partial charge is 0.392 e. The van der Waals surface area contributed by atoms with E-state index in [2.05, 4.69) is 37.6 Å². The third kappa shape index (κ3) is 2.73. The van der Waals surface area contributed by atoms with Crippen molar-refractivity contribution in [2.24, 2.45) is 5.41 Å². The second-order valence-corrected chi connectivity index (χ2v) is 5.30. The lowest BCUT2D eigenvalue weighted by atomic mass is 9.87. The maximum Gasteiger partial charge on any atom is 0.134 e. The zero-order valence-electron chi connectivity index (χ0n) is 10.9. The smallest absolute Gasteiger partial charge is 0.134 e. The second kappa shape index (κ2) is 4.83. The van der Waals surface area contributed by atoms with Crippen molar-refractivity contribution in [2.75, 3.05) is 11.9 Å². The highest BCUT2D eigenvalue weighted by Crippen LogP contribution is 2.27.